The minimum Gasteiger partial charge on any atom is -0.481 e. The number of carboxylic acid groups (broad SMARTS) is 1. The number of aliphatic hydroxyl groups excluding tert-OH is 1. The fourth-order valence-electron chi connectivity index (χ4n) is 3.51. The molecular formula is C24H33NO4. The molecule has 158 valence electrons. The molecule has 1 amide bonds. The van der Waals surface area contributed by atoms with Gasteiger partial charge in [0.05, 0.1) is 12.1 Å². The van der Waals surface area contributed by atoms with Gasteiger partial charge in [0.25, 0.3) is 0 Å². The first-order chi connectivity index (χ1) is 14.0. The SMILES string of the molecule is C[C@@H](CCc1ccccc1)[C@H](O)/C=C/[C@H]1CCC(=O)N1C/C=C\CCCC(=O)O. The molecule has 29 heavy (non-hydrogen) atoms. The molecule has 0 aromatic heterocycles. The van der Waals surface area contributed by atoms with E-state index in [4.69, 9.17) is 5.11 Å². The van der Waals surface area contributed by atoms with Crippen LogP contribution in [-0.4, -0.2) is 45.7 Å². The van der Waals surface area contributed by atoms with E-state index in [0.717, 1.165) is 19.3 Å². The van der Waals surface area contributed by atoms with Crippen molar-refractivity contribution in [2.75, 3.05) is 6.54 Å². The molecule has 1 saturated heterocycles. The van der Waals surface area contributed by atoms with E-state index in [9.17, 15) is 14.7 Å². The zero-order valence-corrected chi connectivity index (χ0v) is 17.2. The topological polar surface area (TPSA) is 77.8 Å². The quantitative estimate of drug-likeness (QED) is 0.412. The molecule has 0 unspecified atom stereocenters. The molecule has 1 aromatic rings. The highest BCUT2D eigenvalue weighted by Gasteiger charge is 2.28. The molecule has 2 rings (SSSR count). The summed E-state index contributed by atoms with van der Waals surface area (Å²) in [5.74, 6) is -0.512. The molecule has 0 spiro atoms. The number of allylic oxidation sites excluding steroid dienone is 1. The molecule has 0 saturated carbocycles. The van der Waals surface area contributed by atoms with E-state index in [1.54, 1.807) is 0 Å². The predicted molar refractivity (Wildman–Crippen MR) is 114 cm³/mol. The summed E-state index contributed by atoms with van der Waals surface area (Å²) in [5.41, 5.74) is 1.28. The molecule has 2 N–H and O–H groups in total. The van der Waals surface area contributed by atoms with Crippen LogP contribution in [0.3, 0.4) is 0 Å². The number of carboxylic acids is 1. The number of hydrogen-bond donors (Lipinski definition) is 2. The maximum absolute atomic E-state index is 12.1. The van der Waals surface area contributed by atoms with Crippen molar-refractivity contribution in [1.82, 2.24) is 4.90 Å². The number of aryl methyl sites for hydroxylation is 1. The van der Waals surface area contributed by atoms with Crippen LogP contribution in [0.4, 0.5) is 0 Å². The summed E-state index contributed by atoms with van der Waals surface area (Å²) in [6, 6.07) is 10.3. The van der Waals surface area contributed by atoms with Gasteiger partial charge in [-0.05, 0) is 43.6 Å². The molecule has 1 fully saturated rings. The van der Waals surface area contributed by atoms with Crippen LogP contribution in [0.1, 0.15) is 51.0 Å². The maximum Gasteiger partial charge on any atom is 0.303 e. The van der Waals surface area contributed by atoms with Crippen LogP contribution in [-0.2, 0) is 16.0 Å². The average molecular weight is 400 g/mol. The third kappa shape index (κ3) is 8.24. The Hall–Kier alpha value is -2.40. The second kappa shape index (κ2) is 12.2. The fourth-order valence-corrected chi connectivity index (χ4v) is 3.51. The Morgan fingerprint density at radius 2 is 2.03 bits per heavy atom. The van der Waals surface area contributed by atoms with Crippen LogP contribution in [0.2, 0.25) is 0 Å². The number of rotatable bonds is 12. The monoisotopic (exact) mass is 399 g/mol. The Bertz CT molecular complexity index is 698. The van der Waals surface area contributed by atoms with Crippen molar-refractivity contribution in [3.63, 3.8) is 0 Å². The largest absolute Gasteiger partial charge is 0.481 e. The number of benzene rings is 1. The fraction of sp³-hybridized carbons (Fsp3) is 0.500. The highest BCUT2D eigenvalue weighted by molar-refractivity contribution is 5.79. The predicted octanol–water partition coefficient (Wildman–Crippen LogP) is 3.97. The first kappa shape index (κ1) is 22.9. The van der Waals surface area contributed by atoms with Crippen molar-refractivity contribution >= 4 is 11.9 Å². The lowest BCUT2D eigenvalue weighted by Crippen LogP contribution is -2.32. The standard InChI is InChI=1S/C24H33NO4/c1-19(12-13-20-9-5-4-6-10-20)22(26)16-14-21-15-17-23(27)25(21)18-8-3-2-7-11-24(28)29/h3-6,8-10,14,16,19,21-22,26H,2,7,11-13,15,17-18H2,1H3,(H,28,29)/b8-3-,16-14+/t19-,21-,22+/m0/s1. The summed E-state index contributed by atoms with van der Waals surface area (Å²) in [6.45, 7) is 2.58. The van der Waals surface area contributed by atoms with Crippen LogP contribution in [0.5, 0.6) is 0 Å². The number of carbonyl (C=O) groups is 2. The van der Waals surface area contributed by atoms with Crippen LogP contribution in [0.15, 0.2) is 54.6 Å². The minimum absolute atomic E-state index is 0.0159. The molecule has 5 nitrogen and oxygen atoms in total. The van der Waals surface area contributed by atoms with Gasteiger partial charge in [-0.15, -0.1) is 0 Å². The molecular weight excluding hydrogens is 366 g/mol. The molecule has 1 aliphatic rings. The number of likely N-dealkylation sites (tertiary alicyclic amines) is 1. The van der Waals surface area contributed by atoms with Gasteiger partial charge in [0.2, 0.25) is 5.91 Å². The number of carbonyl (C=O) groups excluding carboxylic acids is 1. The molecule has 1 heterocycles. The first-order valence-corrected chi connectivity index (χ1v) is 10.5. The van der Waals surface area contributed by atoms with Gasteiger partial charge >= 0.3 is 5.97 Å². The highest BCUT2D eigenvalue weighted by Crippen LogP contribution is 2.21. The normalized spacial score (nSPS) is 19.3. The van der Waals surface area contributed by atoms with Gasteiger partial charge in [-0.2, -0.15) is 0 Å². The third-order valence-electron chi connectivity index (χ3n) is 5.45. The van der Waals surface area contributed by atoms with Gasteiger partial charge in [-0.3, -0.25) is 9.59 Å². The van der Waals surface area contributed by atoms with Crippen molar-refractivity contribution in [2.45, 2.75) is 64.0 Å². The van der Waals surface area contributed by atoms with Gasteiger partial charge in [-0.1, -0.05) is 61.6 Å². The van der Waals surface area contributed by atoms with Gasteiger partial charge in [0.15, 0.2) is 0 Å². The highest BCUT2D eigenvalue weighted by atomic mass is 16.4. The van der Waals surface area contributed by atoms with Gasteiger partial charge in [0, 0.05) is 19.4 Å². The van der Waals surface area contributed by atoms with Crippen LogP contribution >= 0.6 is 0 Å². The summed E-state index contributed by atoms with van der Waals surface area (Å²) < 4.78 is 0. The number of amides is 1. The number of aliphatic hydroxyl groups is 1. The molecule has 5 heteroatoms. The summed E-state index contributed by atoms with van der Waals surface area (Å²) >= 11 is 0. The van der Waals surface area contributed by atoms with Crippen molar-refractivity contribution in [3.05, 3.63) is 60.2 Å². The van der Waals surface area contributed by atoms with Crippen molar-refractivity contribution in [3.8, 4) is 0 Å². The lowest BCUT2D eigenvalue weighted by atomic mass is 9.95. The zero-order valence-electron chi connectivity index (χ0n) is 17.2. The van der Waals surface area contributed by atoms with Gasteiger partial charge in [-0.25, -0.2) is 0 Å². The Morgan fingerprint density at radius 3 is 2.76 bits per heavy atom. The van der Waals surface area contributed by atoms with E-state index >= 15 is 0 Å². The maximum atomic E-state index is 12.1. The second-order valence-corrected chi connectivity index (χ2v) is 7.79. The lowest BCUT2D eigenvalue weighted by Gasteiger charge is -2.22. The van der Waals surface area contributed by atoms with E-state index in [2.05, 4.69) is 19.1 Å². The van der Waals surface area contributed by atoms with Crippen LogP contribution < -0.4 is 0 Å². The van der Waals surface area contributed by atoms with Crippen molar-refractivity contribution < 1.29 is 19.8 Å². The minimum atomic E-state index is -0.783. The van der Waals surface area contributed by atoms with E-state index in [-0.39, 0.29) is 24.3 Å². The van der Waals surface area contributed by atoms with E-state index < -0.39 is 12.1 Å². The number of hydrogen-bond acceptors (Lipinski definition) is 3. The second-order valence-electron chi connectivity index (χ2n) is 7.79. The summed E-state index contributed by atoms with van der Waals surface area (Å²) in [7, 11) is 0. The van der Waals surface area contributed by atoms with Crippen LogP contribution in [0, 0.1) is 5.92 Å². The number of aliphatic carboxylic acids is 1. The van der Waals surface area contributed by atoms with E-state index in [0.29, 0.717) is 25.8 Å². The molecule has 0 bridgehead atoms. The Kier molecular flexibility index (Phi) is 9.65. The Morgan fingerprint density at radius 1 is 1.28 bits per heavy atom. The van der Waals surface area contributed by atoms with E-state index in [1.807, 2.05) is 47.4 Å². The number of unbranched alkanes of at least 4 members (excludes halogenated alkanes) is 1. The smallest absolute Gasteiger partial charge is 0.303 e. The Labute approximate surface area is 173 Å². The lowest BCUT2D eigenvalue weighted by molar-refractivity contribution is -0.137. The molecule has 3 atom stereocenters. The number of nitrogens with zero attached hydrogens (tertiary/aromatic N) is 1. The van der Waals surface area contributed by atoms with E-state index in [1.165, 1.54) is 5.56 Å². The van der Waals surface area contributed by atoms with Crippen molar-refractivity contribution in [2.24, 2.45) is 5.92 Å². The van der Waals surface area contributed by atoms with Crippen molar-refractivity contribution in [1.29, 1.82) is 0 Å². The summed E-state index contributed by atoms with van der Waals surface area (Å²) in [4.78, 5) is 24.5. The summed E-state index contributed by atoms with van der Waals surface area (Å²) in [6.07, 6.45) is 11.8. The molecule has 1 aliphatic heterocycles. The zero-order chi connectivity index (χ0) is 21.1. The van der Waals surface area contributed by atoms with Gasteiger partial charge < -0.3 is 15.1 Å². The Balaban J connectivity index is 1.78. The molecule has 1 aromatic carbocycles. The average Bonchev–Trinajstić information content (AvgIpc) is 3.07. The van der Waals surface area contributed by atoms with Gasteiger partial charge in [0.1, 0.15) is 0 Å². The van der Waals surface area contributed by atoms with Crippen LogP contribution in [0.25, 0.3) is 0 Å². The molecule has 0 radical (unpaired) electrons. The molecule has 0 aliphatic carbocycles. The summed E-state index contributed by atoms with van der Waals surface area (Å²) in [5, 5.41) is 19.1. The first-order valence-electron chi connectivity index (χ1n) is 10.5. The third-order valence-corrected chi connectivity index (χ3v) is 5.45.